The highest BCUT2D eigenvalue weighted by molar-refractivity contribution is 7.86. The van der Waals surface area contributed by atoms with Crippen LogP contribution in [-0.4, -0.2) is 26.9 Å². The minimum atomic E-state index is -3.37. The van der Waals surface area contributed by atoms with Gasteiger partial charge in [0.1, 0.15) is 11.9 Å². The van der Waals surface area contributed by atoms with E-state index in [0.717, 1.165) is 30.4 Å². The molecule has 18 heavy (non-hydrogen) atoms. The molecule has 2 unspecified atom stereocenters. The molecule has 1 aliphatic rings. The van der Waals surface area contributed by atoms with E-state index in [1.54, 1.807) is 0 Å². The summed E-state index contributed by atoms with van der Waals surface area (Å²) in [7, 11) is -3.37. The van der Waals surface area contributed by atoms with Crippen LogP contribution in [0.1, 0.15) is 24.8 Å². The summed E-state index contributed by atoms with van der Waals surface area (Å²) < 4.78 is 33.0. The van der Waals surface area contributed by atoms with E-state index in [0.29, 0.717) is 6.42 Å². The van der Waals surface area contributed by atoms with E-state index in [4.69, 9.17) is 8.92 Å². The molecule has 0 radical (unpaired) electrons. The van der Waals surface area contributed by atoms with Crippen molar-refractivity contribution >= 4 is 10.1 Å². The fourth-order valence-electron chi connectivity index (χ4n) is 2.21. The Morgan fingerprint density at radius 1 is 1.17 bits per heavy atom. The second-order valence-electron chi connectivity index (χ2n) is 4.74. The molecular formula is C13H18O4S. The summed E-state index contributed by atoms with van der Waals surface area (Å²) in [6, 6.07) is 7.82. The SMILES string of the molecule is Cc1ccccc1OC1CCC(OS(C)(=O)=O)C1. The van der Waals surface area contributed by atoms with Crippen LogP contribution in [0.5, 0.6) is 5.75 Å². The molecule has 0 heterocycles. The van der Waals surface area contributed by atoms with E-state index in [2.05, 4.69) is 0 Å². The third-order valence-corrected chi connectivity index (χ3v) is 3.66. The lowest BCUT2D eigenvalue weighted by atomic mass is 10.2. The summed E-state index contributed by atoms with van der Waals surface area (Å²) in [6.45, 7) is 1.99. The summed E-state index contributed by atoms with van der Waals surface area (Å²) in [5.74, 6) is 0.863. The Labute approximate surface area is 108 Å². The second kappa shape index (κ2) is 5.28. The minimum Gasteiger partial charge on any atom is -0.490 e. The van der Waals surface area contributed by atoms with Crippen LogP contribution >= 0.6 is 0 Å². The number of rotatable bonds is 4. The Balaban J connectivity index is 1.92. The molecule has 0 amide bonds. The highest BCUT2D eigenvalue weighted by atomic mass is 32.2. The van der Waals surface area contributed by atoms with Gasteiger partial charge in [-0.2, -0.15) is 8.42 Å². The number of hydrogen-bond donors (Lipinski definition) is 0. The van der Waals surface area contributed by atoms with Gasteiger partial charge in [-0.25, -0.2) is 0 Å². The average molecular weight is 270 g/mol. The standard InChI is InChI=1S/C13H18O4S/c1-10-5-3-4-6-13(10)16-11-7-8-12(9-11)17-18(2,14)15/h3-6,11-12H,7-9H2,1-2H3. The maximum absolute atomic E-state index is 11.0. The maximum Gasteiger partial charge on any atom is 0.264 e. The van der Waals surface area contributed by atoms with Crippen molar-refractivity contribution in [1.29, 1.82) is 0 Å². The zero-order valence-corrected chi connectivity index (χ0v) is 11.4. The normalized spacial score (nSPS) is 24.1. The first-order valence-corrected chi connectivity index (χ1v) is 7.86. The zero-order chi connectivity index (χ0) is 13.2. The van der Waals surface area contributed by atoms with Gasteiger partial charge in [-0.15, -0.1) is 0 Å². The molecule has 5 heteroatoms. The van der Waals surface area contributed by atoms with Crippen LogP contribution in [0.4, 0.5) is 0 Å². The predicted octanol–water partition coefficient (Wildman–Crippen LogP) is 2.27. The highest BCUT2D eigenvalue weighted by Gasteiger charge is 2.29. The molecule has 1 aliphatic carbocycles. The van der Waals surface area contributed by atoms with E-state index in [1.807, 2.05) is 31.2 Å². The largest absolute Gasteiger partial charge is 0.490 e. The van der Waals surface area contributed by atoms with Crippen LogP contribution in [0.3, 0.4) is 0 Å². The summed E-state index contributed by atoms with van der Waals surface area (Å²) in [6.07, 6.45) is 3.06. The molecule has 0 aliphatic heterocycles. The highest BCUT2D eigenvalue weighted by Crippen LogP contribution is 2.28. The summed E-state index contributed by atoms with van der Waals surface area (Å²) >= 11 is 0. The van der Waals surface area contributed by atoms with Crippen LogP contribution in [0.25, 0.3) is 0 Å². The first-order chi connectivity index (χ1) is 8.44. The van der Waals surface area contributed by atoms with Crippen LogP contribution < -0.4 is 4.74 Å². The van der Waals surface area contributed by atoms with Gasteiger partial charge in [0.2, 0.25) is 0 Å². The Morgan fingerprint density at radius 2 is 1.83 bits per heavy atom. The van der Waals surface area contributed by atoms with E-state index < -0.39 is 10.1 Å². The number of benzene rings is 1. The Kier molecular flexibility index (Phi) is 3.92. The van der Waals surface area contributed by atoms with Gasteiger partial charge in [-0.05, 0) is 31.4 Å². The van der Waals surface area contributed by atoms with Gasteiger partial charge < -0.3 is 4.74 Å². The fourth-order valence-corrected chi connectivity index (χ4v) is 2.88. The van der Waals surface area contributed by atoms with Crippen molar-refractivity contribution in [3.8, 4) is 5.75 Å². The third kappa shape index (κ3) is 3.71. The molecule has 0 bridgehead atoms. The van der Waals surface area contributed by atoms with Crippen LogP contribution in [0.15, 0.2) is 24.3 Å². The van der Waals surface area contributed by atoms with E-state index in [-0.39, 0.29) is 12.2 Å². The van der Waals surface area contributed by atoms with E-state index >= 15 is 0 Å². The number of para-hydroxylation sites is 1. The summed E-state index contributed by atoms with van der Waals surface area (Å²) in [4.78, 5) is 0. The lowest BCUT2D eigenvalue weighted by molar-refractivity contribution is 0.170. The van der Waals surface area contributed by atoms with Crippen molar-refractivity contribution in [3.63, 3.8) is 0 Å². The van der Waals surface area contributed by atoms with Crippen molar-refractivity contribution in [1.82, 2.24) is 0 Å². The number of aryl methyl sites for hydroxylation is 1. The summed E-state index contributed by atoms with van der Waals surface area (Å²) in [5.41, 5.74) is 1.09. The number of hydrogen-bond acceptors (Lipinski definition) is 4. The van der Waals surface area contributed by atoms with Crippen LogP contribution in [-0.2, 0) is 14.3 Å². The van der Waals surface area contributed by atoms with Gasteiger partial charge >= 0.3 is 0 Å². The molecule has 0 spiro atoms. The van der Waals surface area contributed by atoms with Crippen molar-refractivity contribution in [3.05, 3.63) is 29.8 Å². The third-order valence-electron chi connectivity index (χ3n) is 3.03. The number of ether oxygens (including phenoxy) is 1. The van der Waals surface area contributed by atoms with Crippen LogP contribution in [0.2, 0.25) is 0 Å². The molecular weight excluding hydrogens is 252 g/mol. The van der Waals surface area contributed by atoms with Crippen molar-refractivity contribution in [2.75, 3.05) is 6.26 Å². The van der Waals surface area contributed by atoms with Crippen molar-refractivity contribution in [2.45, 2.75) is 38.4 Å². The van der Waals surface area contributed by atoms with Crippen LogP contribution in [0, 0.1) is 6.92 Å². The molecule has 2 atom stereocenters. The topological polar surface area (TPSA) is 52.6 Å². The maximum atomic E-state index is 11.0. The van der Waals surface area contributed by atoms with Gasteiger partial charge in [-0.1, -0.05) is 18.2 Å². The van der Waals surface area contributed by atoms with E-state index in [9.17, 15) is 8.42 Å². The molecule has 1 fully saturated rings. The van der Waals surface area contributed by atoms with Crippen molar-refractivity contribution in [2.24, 2.45) is 0 Å². The summed E-state index contributed by atoms with van der Waals surface area (Å²) in [5, 5.41) is 0. The fraction of sp³-hybridized carbons (Fsp3) is 0.538. The molecule has 1 saturated carbocycles. The molecule has 4 nitrogen and oxygen atoms in total. The molecule has 0 N–H and O–H groups in total. The second-order valence-corrected chi connectivity index (χ2v) is 6.34. The molecule has 100 valence electrons. The van der Waals surface area contributed by atoms with E-state index in [1.165, 1.54) is 0 Å². The molecule has 1 aromatic carbocycles. The lowest BCUT2D eigenvalue weighted by Crippen LogP contribution is -2.18. The zero-order valence-electron chi connectivity index (χ0n) is 10.6. The minimum absolute atomic E-state index is 0.0397. The first-order valence-electron chi connectivity index (χ1n) is 6.04. The molecule has 1 aromatic rings. The Hall–Kier alpha value is -1.07. The average Bonchev–Trinajstić information content (AvgIpc) is 2.66. The smallest absolute Gasteiger partial charge is 0.264 e. The first kappa shape index (κ1) is 13.4. The Bertz CT molecular complexity index is 509. The van der Waals surface area contributed by atoms with Gasteiger partial charge in [0, 0.05) is 6.42 Å². The lowest BCUT2D eigenvalue weighted by Gasteiger charge is -2.15. The predicted molar refractivity (Wildman–Crippen MR) is 69.2 cm³/mol. The van der Waals surface area contributed by atoms with Crippen molar-refractivity contribution < 1.29 is 17.3 Å². The quantitative estimate of drug-likeness (QED) is 0.788. The van der Waals surface area contributed by atoms with Gasteiger partial charge in [0.25, 0.3) is 10.1 Å². The van der Waals surface area contributed by atoms with Gasteiger partial charge in [-0.3, -0.25) is 4.18 Å². The monoisotopic (exact) mass is 270 g/mol. The molecule has 2 rings (SSSR count). The molecule has 0 aromatic heterocycles. The Morgan fingerprint density at radius 3 is 2.50 bits per heavy atom. The van der Waals surface area contributed by atoms with Gasteiger partial charge in [0.05, 0.1) is 12.4 Å². The van der Waals surface area contributed by atoms with Gasteiger partial charge in [0.15, 0.2) is 0 Å². The molecule has 0 saturated heterocycles.